The van der Waals surface area contributed by atoms with Crippen LogP contribution in [0.25, 0.3) is 5.57 Å². The number of hydrogen-bond acceptors (Lipinski definition) is 4. The fourth-order valence-electron chi connectivity index (χ4n) is 5.03. The van der Waals surface area contributed by atoms with Gasteiger partial charge in [-0.05, 0) is 74.2 Å². The van der Waals surface area contributed by atoms with Crippen LogP contribution in [-0.2, 0) is 11.3 Å². The van der Waals surface area contributed by atoms with Crippen molar-refractivity contribution >= 4 is 22.9 Å². The first-order chi connectivity index (χ1) is 18.5. The number of carbonyl (C=O) groups is 1. The summed E-state index contributed by atoms with van der Waals surface area (Å²) in [7, 11) is 0. The van der Waals surface area contributed by atoms with Crippen molar-refractivity contribution in [2.24, 2.45) is 0 Å². The summed E-state index contributed by atoms with van der Waals surface area (Å²) in [5.41, 5.74) is 8.42. The number of halogens is 2. The quantitative estimate of drug-likeness (QED) is 0.425. The topological polar surface area (TPSA) is 56.4 Å². The minimum atomic E-state index is -2.60. The molecule has 1 fully saturated rings. The lowest BCUT2D eigenvalue weighted by molar-refractivity contribution is -0.116. The van der Waals surface area contributed by atoms with Crippen molar-refractivity contribution in [1.82, 2.24) is 10.2 Å². The van der Waals surface area contributed by atoms with Crippen LogP contribution in [0.5, 0.6) is 0 Å². The molecule has 0 bridgehead atoms. The molecule has 0 radical (unpaired) electrons. The second-order valence-electron chi connectivity index (χ2n) is 9.76. The Labute approximate surface area is 222 Å². The number of alkyl halides is 2. The van der Waals surface area contributed by atoms with Crippen LogP contribution >= 0.6 is 0 Å². The van der Waals surface area contributed by atoms with Crippen LogP contribution in [0.4, 0.5) is 20.2 Å². The molecule has 196 valence electrons. The van der Waals surface area contributed by atoms with Gasteiger partial charge in [0.15, 0.2) is 0 Å². The monoisotopic (exact) mass is 514 g/mol. The Bertz CT molecular complexity index is 1330. The molecule has 7 heteroatoms. The first-order valence-corrected chi connectivity index (χ1v) is 13.2. The first-order valence-electron chi connectivity index (χ1n) is 13.2. The van der Waals surface area contributed by atoms with Crippen molar-refractivity contribution in [2.45, 2.75) is 38.7 Å². The smallest absolute Gasteiger partial charge is 0.296 e. The van der Waals surface area contributed by atoms with Gasteiger partial charge >= 0.3 is 0 Å². The molecule has 0 saturated carbocycles. The lowest BCUT2D eigenvalue weighted by atomic mass is 9.96. The average molecular weight is 515 g/mol. The van der Waals surface area contributed by atoms with E-state index in [1.807, 2.05) is 18.2 Å². The van der Waals surface area contributed by atoms with Crippen LogP contribution in [0.1, 0.15) is 42.4 Å². The van der Waals surface area contributed by atoms with Gasteiger partial charge in [-0.1, -0.05) is 42.3 Å². The van der Waals surface area contributed by atoms with Gasteiger partial charge in [0.05, 0.1) is 12.2 Å². The lowest BCUT2D eigenvalue weighted by Gasteiger charge is -2.19. The predicted molar refractivity (Wildman–Crippen MR) is 149 cm³/mol. The number of likely N-dealkylation sites (tertiary alicyclic amines) is 1. The van der Waals surface area contributed by atoms with Crippen molar-refractivity contribution in [1.29, 1.82) is 0 Å². The van der Waals surface area contributed by atoms with Gasteiger partial charge in [-0.15, -0.1) is 0 Å². The molecule has 0 spiro atoms. The van der Waals surface area contributed by atoms with Crippen LogP contribution in [-0.4, -0.2) is 43.4 Å². The summed E-state index contributed by atoms with van der Waals surface area (Å²) >= 11 is 0. The van der Waals surface area contributed by atoms with Crippen molar-refractivity contribution < 1.29 is 13.6 Å². The minimum absolute atomic E-state index is 0.643. The molecule has 2 aromatic rings. The highest BCUT2D eigenvalue weighted by Gasteiger charge is 2.22. The van der Waals surface area contributed by atoms with Gasteiger partial charge < -0.3 is 16.0 Å². The number of fused-ring (bicyclic) bond motifs is 1. The first kappa shape index (κ1) is 25.7. The van der Waals surface area contributed by atoms with Gasteiger partial charge in [-0.2, -0.15) is 0 Å². The molecule has 3 N–H and O–H groups in total. The number of rotatable bonds is 7. The SMILES string of the molecule is O=C(C#Cc1ccc2c(c1)NC/C2=C(\Nc1ccc(CN2CCCC2)cc1)C1=CCCC=C1)NCC(F)F. The van der Waals surface area contributed by atoms with E-state index in [1.54, 1.807) is 0 Å². The Hall–Kier alpha value is -3.89. The molecule has 1 amide bonds. The molecular formula is C31H32F2N4O. The summed E-state index contributed by atoms with van der Waals surface area (Å²) in [5.74, 6) is 4.44. The summed E-state index contributed by atoms with van der Waals surface area (Å²) in [6.07, 6.45) is 8.68. The molecule has 5 rings (SSSR count). The van der Waals surface area contributed by atoms with Gasteiger partial charge in [-0.25, -0.2) is 8.78 Å². The van der Waals surface area contributed by atoms with E-state index in [4.69, 9.17) is 0 Å². The number of nitrogens with one attached hydrogen (secondary N) is 3. The number of benzene rings is 2. The zero-order chi connectivity index (χ0) is 26.3. The Morgan fingerprint density at radius 3 is 2.63 bits per heavy atom. The molecule has 1 saturated heterocycles. The fourth-order valence-corrected chi connectivity index (χ4v) is 5.03. The van der Waals surface area contributed by atoms with Crippen molar-refractivity contribution in [3.8, 4) is 11.8 Å². The number of hydrogen-bond donors (Lipinski definition) is 3. The largest absolute Gasteiger partial charge is 0.380 e. The third-order valence-corrected chi connectivity index (χ3v) is 6.95. The molecule has 1 aliphatic carbocycles. The van der Waals surface area contributed by atoms with Crippen LogP contribution in [0.2, 0.25) is 0 Å². The van der Waals surface area contributed by atoms with Gasteiger partial charge in [0.2, 0.25) is 0 Å². The second kappa shape index (κ2) is 12.1. The molecule has 0 aromatic heterocycles. The summed E-state index contributed by atoms with van der Waals surface area (Å²) in [5, 5.41) is 9.24. The normalized spacial score (nSPS) is 17.8. The van der Waals surface area contributed by atoms with Gasteiger partial charge in [0.1, 0.15) is 0 Å². The van der Waals surface area contributed by atoms with E-state index >= 15 is 0 Å². The summed E-state index contributed by atoms with van der Waals surface area (Å²) in [6, 6.07) is 14.5. The Balaban J connectivity index is 1.37. The van der Waals surface area contributed by atoms with Crippen LogP contribution in [0.15, 0.2) is 72.0 Å². The summed E-state index contributed by atoms with van der Waals surface area (Å²) in [6.45, 7) is 3.32. The van der Waals surface area contributed by atoms with E-state index in [-0.39, 0.29) is 0 Å². The number of amides is 1. The molecular weight excluding hydrogens is 482 g/mol. The Morgan fingerprint density at radius 2 is 1.89 bits per heavy atom. The summed E-state index contributed by atoms with van der Waals surface area (Å²) in [4.78, 5) is 14.2. The Morgan fingerprint density at radius 1 is 1.08 bits per heavy atom. The highest BCUT2D eigenvalue weighted by Crippen LogP contribution is 2.37. The maximum atomic E-state index is 12.3. The van der Waals surface area contributed by atoms with Crippen molar-refractivity contribution in [3.63, 3.8) is 0 Å². The maximum Gasteiger partial charge on any atom is 0.296 e. The zero-order valence-corrected chi connectivity index (χ0v) is 21.3. The minimum Gasteiger partial charge on any atom is -0.380 e. The van der Waals surface area contributed by atoms with E-state index in [1.165, 1.54) is 37.1 Å². The van der Waals surface area contributed by atoms with E-state index < -0.39 is 18.9 Å². The van der Waals surface area contributed by atoms with E-state index in [0.717, 1.165) is 47.6 Å². The van der Waals surface area contributed by atoms with E-state index in [9.17, 15) is 13.6 Å². The van der Waals surface area contributed by atoms with Gasteiger partial charge in [0.25, 0.3) is 12.3 Å². The number of allylic oxidation sites excluding steroid dienone is 3. The number of nitrogens with zero attached hydrogens (tertiary/aromatic N) is 1. The standard InChI is InChI=1S/C31H32F2N4O/c32-29(33)20-35-30(38)15-11-22-10-14-26-27(19-34-28(26)18-22)31(24-6-2-1-3-7-24)36-25-12-8-23(9-13-25)21-37-16-4-5-17-37/h2,6-10,12-14,18,29,34,36H,1,3-5,16-17,19-21H2,(H,35,38)/b31-27+. The Kier molecular flexibility index (Phi) is 8.20. The zero-order valence-electron chi connectivity index (χ0n) is 21.3. The van der Waals surface area contributed by atoms with Crippen LogP contribution < -0.4 is 16.0 Å². The molecule has 0 atom stereocenters. The highest BCUT2D eigenvalue weighted by molar-refractivity contribution is 5.94. The third kappa shape index (κ3) is 6.51. The van der Waals surface area contributed by atoms with Crippen LogP contribution in [0, 0.1) is 11.8 Å². The molecule has 3 aliphatic rings. The van der Waals surface area contributed by atoms with Gasteiger partial charge in [-0.3, -0.25) is 9.69 Å². The van der Waals surface area contributed by atoms with Crippen molar-refractivity contribution in [3.05, 3.63) is 88.7 Å². The highest BCUT2D eigenvalue weighted by atomic mass is 19.3. The molecule has 0 unspecified atom stereocenters. The molecule has 5 nitrogen and oxygen atoms in total. The molecule has 2 heterocycles. The molecule has 2 aromatic carbocycles. The molecule has 2 aliphatic heterocycles. The maximum absolute atomic E-state index is 12.3. The summed E-state index contributed by atoms with van der Waals surface area (Å²) < 4.78 is 24.6. The third-order valence-electron chi connectivity index (χ3n) is 6.95. The number of anilines is 2. The molecule has 38 heavy (non-hydrogen) atoms. The number of carbonyl (C=O) groups excluding carboxylic acids is 1. The predicted octanol–water partition coefficient (Wildman–Crippen LogP) is 5.54. The van der Waals surface area contributed by atoms with Crippen molar-refractivity contribution in [2.75, 3.05) is 36.8 Å². The fraction of sp³-hybridized carbons (Fsp3) is 0.323. The average Bonchev–Trinajstić information content (AvgIpc) is 3.60. The van der Waals surface area contributed by atoms with Crippen LogP contribution in [0.3, 0.4) is 0 Å². The lowest BCUT2D eigenvalue weighted by Crippen LogP contribution is -2.26. The second-order valence-corrected chi connectivity index (χ2v) is 9.76. The van der Waals surface area contributed by atoms with E-state index in [2.05, 4.69) is 75.2 Å². The van der Waals surface area contributed by atoms with Gasteiger partial charge in [0, 0.05) is 47.1 Å². The van der Waals surface area contributed by atoms with E-state index in [0.29, 0.717) is 12.1 Å².